The number of hydrogen-bond acceptors (Lipinski definition) is 7. The highest BCUT2D eigenvalue weighted by molar-refractivity contribution is 8.00. The smallest absolute Gasteiger partial charge is 0.490 e. The first-order valence-corrected chi connectivity index (χ1v) is 11.5. The number of thioether (sulfide) groups is 1. The number of β-lactam (4-membered cyclic amide) rings is 1. The number of nitrogens with two attached hydrogens (primary N) is 1. The number of allylic oxidation sites excluding steroid dienone is 1. The number of amides is 2. The quantitative estimate of drug-likeness (QED) is 0.381. The van der Waals surface area contributed by atoms with Crippen LogP contribution in [-0.2, 0) is 25.7 Å². The molecule has 3 aliphatic rings. The lowest BCUT2D eigenvalue weighted by atomic mass is 10.0. The lowest BCUT2D eigenvalue weighted by Gasteiger charge is -2.47. The van der Waals surface area contributed by atoms with Crippen LogP contribution in [0.25, 0.3) is 0 Å². The van der Waals surface area contributed by atoms with Gasteiger partial charge in [0, 0.05) is 24.4 Å². The van der Waals surface area contributed by atoms with Crippen LogP contribution in [0, 0.1) is 0 Å². The molecule has 3 aliphatic heterocycles. The summed E-state index contributed by atoms with van der Waals surface area (Å²) in [6.45, 7) is 1.01. The molecular weight excluding hydrogens is 507 g/mol. The minimum Gasteiger partial charge on any atom is -0.497 e. The topological polar surface area (TPSA) is 150 Å². The average molecular weight is 529 g/mol. The van der Waals surface area contributed by atoms with Gasteiger partial charge in [0.1, 0.15) is 22.9 Å². The van der Waals surface area contributed by atoms with Crippen molar-refractivity contribution in [3.63, 3.8) is 0 Å². The molecule has 0 unspecified atom stereocenters. The third-order valence-electron chi connectivity index (χ3n) is 5.55. The number of alkyl halides is 3. The lowest BCUT2D eigenvalue weighted by Crippen LogP contribution is -2.68. The van der Waals surface area contributed by atoms with E-state index in [-0.39, 0.29) is 17.0 Å². The Hall–Kier alpha value is -3.52. The molecule has 2 saturated heterocycles. The number of carboxylic acids is 2. The van der Waals surface area contributed by atoms with E-state index in [0.717, 1.165) is 11.3 Å². The normalized spacial score (nSPS) is 22.6. The number of hydrogen-bond donors (Lipinski definition) is 3. The molecule has 0 aliphatic carbocycles. The predicted octanol–water partition coefficient (Wildman–Crippen LogP) is 1.57. The highest BCUT2D eigenvalue weighted by Crippen LogP contribution is 2.40. The molecule has 36 heavy (non-hydrogen) atoms. The van der Waals surface area contributed by atoms with Gasteiger partial charge in [0.2, 0.25) is 11.8 Å². The van der Waals surface area contributed by atoms with Gasteiger partial charge in [-0.1, -0.05) is 12.1 Å². The second-order valence-corrected chi connectivity index (χ2v) is 9.02. The molecule has 3 heterocycles. The second kappa shape index (κ2) is 10.6. The summed E-state index contributed by atoms with van der Waals surface area (Å²) in [5, 5.41) is 16.4. The van der Waals surface area contributed by atoms with E-state index in [9.17, 15) is 32.7 Å². The molecule has 10 nitrogen and oxygen atoms in total. The molecule has 0 bridgehead atoms. The maximum atomic E-state index is 12.8. The maximum absolute atomic E-state index is 12.8. The Balaban J connectivity index is 0.000000454. The van der Waals surface area contributed by atoms with E-state index in [0.29, 0.717) is 36.4 Å². The number of ether oxygens (including phenoxy) is 1. The van der Waals surface area contributed by atoms with Gasteiger partial charge in [-0.3, -0.25) is 14.5 Å². The number of aliphatic carboxylic acids is 2. The first kappa shape index (κ1) is 27.1. The van der Waals surface area contributed by atoms with E-state index >= 15 is 0 Å². The van der Waals surface area contributed by atoms with Crippen LogP contribution in [0.1, 0.15) is 12.0 Å². The summed E-state index contributed by atoms with van der Waals surface area (Å²) >= 11 is 1.42. The van der Waals surface area contributed by atoms with Gasteiger partial charge < -0.3 is 25.6 Å². The van der Waals surface area contributed by atoms with Crippen molar-refractivity contribution in [3.8, 4) is 5.75 Å². The number of nitrogens with zero attached hydrogens (tertiary/aromatic N) is 2. The van der Waals surface area contributed by atoms with Crippen LogP contribution in [0.2, 0.25) is 0 Å². The van der Waals surface area contributed by atoms with Gasteiger partial charge in [-0.25, -0.2) is 9.59 Å². The largest absolute Gasteiger partial charge is 0.497 e. The maximum Gasteiger partial charge on any atom is 0.490 e. The molecule has 0 saturated carbocycles. The molecule has 2 atom stereocenters. The van der Waals surface area contributed by atoms with Crippen LogP contribution in [0.15, 0.2) is 47.2 Å². The molecule has 194 valence electrons. The van der Waals surface area contributed by atoms with Gasteiger partial charge in [-0.15, -0.1) is 11.8 Å². The molecule has 1 aromatic rings. The van der Waals surface area contributed by atoms with Crippen LogP contribution >= 0.6 is 11.8 Å². The Bertz CT molecular complexity index is 1150. The summed E-state index contributed by atoms with van der Waals surface area (Å²) < 4.78 is 37.0. The number of likely N-dealkylation sites (tertiary alicyclic amines) is 1. The van der Waals surface area contributed by atoms with Gasteiger partial charge in [-0.05, 0) is 35.8 Å². The number of carbonyl (C=O) groups is 4. The molecule has 0 aromatic heterocycles. The average Bonchev–Trinajstić information content (AvgIpc) is 3.16. The summed E-state index contributed by atoms with van der Waals surface area (Å²) in [4.78, 5) is 48.5. The fraction of sp³-hybridized carbons (Fsp3) is 0.364. The molecule has 14 heteroatoms. The fourth-order valence-corrected chi connectivity index (χ4v) is 5.06. The van der Waals surface area contributed by atoms with Crippen LogP contribution in [0.3, 0.4) is 0 Å². The number of carboxylic acid groups (broad SMARTS) is 2. The third-order valence-corrected chi connectivity index (χ3v) is 6.88. The van der Waals surface area contributed by atoms with Crippen molar-refractivity contribution in [2.45, 2.75) is 30.6 Å². The van der Waals surface area contributed by atoms with Crippen molar-refractivity contribution < 1.29 is 47.3 Å². The molecule has 4 N–H and O–H groups in total. The van der Waals surface area contributed by atoms with Crippen molar-refractivity contribution in [2.75, 3.05) is 19.4 Å². The molecule has 2 fully saturated rings. The van der Waals surface area contributed by atoms with E-state index in [1.165, 1.54) is 16.7 Å². The molecule has 0 radical (unpaired) electrons. The number of carbonyl (C=O) groups excluding carboxylic acids is 2. The summed E-state index contributed by atoms with van der Waals surface area (Å²) in [7, 11) is 1.59. The SMILES string of the molecule is COc1cccc(CN2CC/C(=C\C3=C(C(=O)O)N4C(=O)[C@@H](N)[C@H]4SC3)C2=O)c1.O=C(O)C(F)(F)F. The Morgan fingerprint density at radius 3 is 2.53 bits per heavy atom. The van der Waals surface area contributed by atoms with Crippen molar-refractivity contribution >= 4 is 35.5 Å². The Morgan fingerprint density at radius 2 is 1.94 bits per heavy atom. The Kier molecular flexibility index (Phi) is 7.99. The van der Waals surface area contributed by atoms with Gasteiger partial charge in [0.25, 0.3) is 0 Å². The Labute approximate surface area is 207 Å². The van der Waals surface area contributed by atoms with Crippen molar-refractivity contribution in [2.24, 2.45) is 5.73 Å². The second-order valence-electron chi connectivity index (χ2n) is 7.92. The zero-order valence-corrected chi connectivity index (χ0v) is 19.6. The van der Waals surface area contributed by atoms with E-state index in [1.54, 1.807) is 18.1 Å². The molecule has 1 aromatic carbocycles. The number of rotatable bonds is 5. The third kappa shape index (κ3) is 5.65. The molecule has 2 amide bonds. The fourth-order valence-electron chi connectivity index (χ4n) is 3.80. The monoisotopic (exact) mass is 529 g/mol. The minimum absolute atomic E-state index is 0.0630. The highest BCUT2D eigenvalue weighted by Gasteiger charge is 2.51. The Morgan fingerprint density at radius 1 is 1.28 bits per heavy atom. The number of fused-ring (bicyclic) bond motifs is 1. The summed E-state index contributed by atoms with van der Waals surface area (Å²) in [5.74, 6) is -3.33. The standard InChI is InChI=1S/C20H21N3O5S.C2HF3O2/c1-28-14-4-2-3-11(7-14)9-22-6-5-12(17(22)24)8-13-10-29-19-15(21)18(25)23(19)16(13)20(26)27;3-2(4,5)1(6)7/h2-4,7-8,15,19H,5-6,9-10,21H2,1H3,(H,26,27);(H,6,7)/b12-8+;/t15-,19-;/m1./s1. The highest BCUT2D eigenvalue weighted by atomic mass is 32.2. The molecule has 4 rings (SSSR count). The van der Waals surface area contributed by atoms with E-state index in [4.69, 9.17) is 20.4 Å². The van der Waals surface area contributed by atoms with Crippen molar-refractivity contribution in [1.29, 1.82) is 0 Å². The minimum atomic E-state index is -5.08. The lowest BCUT2D eigenvalue weighted by molar-refractivity contribution is -0.192. The summed E-state index contributed by atoms with van der Waals surface area (Å²) in [6, 6.07) is 6.86. The number of halogens is 3. The van der Waals surface area contributed by atoms with Gasteiger partial charge in [0.05, 0.1) is 7.11 Å². The van der Waals surface area contributed by atoms with Crippen LogP contribution in [0.5, 0.6) is 5.75 Å². The molecule has 0 spiro atoms. The zero-order valence-electron chi connectivity index (χ0n) is 18.8. The van der Waals surface area contributed by atoms with Crippen LogP contribution < -0.4 is 10.5 Å². The van der Waals surface area contributed by atoms with Gasteiger partial charge in [-0.2, -0.15) is 13.2 Å². The van der Waals surface area contributed by atoms with Crippen LogP contribution in [-0.4, -0.2) is 80.8 Å². The predicted molar refractivity (Wildman–Crippen MR) is 121 cm³/mol. The van der Waals surface area contributed by atoms with Crippen LogP contribution in [0.4, 0.5) is 13.2 Å². The van der Waals surface area contributed by atoms with Gasteiger partial charge >= 0.3 is 18.1 Å². The summed E-state index contributed by atoms with van der Waals surface area (Å²) in [6.07, 6.45) is -2.92. The van der Waals surface area contributed by atoms with Crippen molar-refractivity contribution in [1.82, 2.24) is 9.80 Å². The summed E-state index contributed by atoms with van der Waals surface area (Å²) in [5.41, 5.74) is 7.70. The molecular formula is C22H22F3N3O7S. The van der Waals surface area contributed by atoms with E-state index in [2.05, 4.69) is 0 Å². The first-order valence-electron chi connectivity index (χ1n) is 10.4. The van der Waals surface area contributed by atoms with Gasteiger partial charge in [0.15, 0.2) is 0 Å². The van der Waals surface area contributed by atoms with E-state index in [1.807, 2.05) is 24.3 Å². The number of methoxy groups -OCH3 is 1. The van der Waals surface area contributed by atoms with E-state index < -0.39 is 30.1 Å². The van der Waals surface area contributed by atoms with Crippen molar-refractivity contribution in [3.05, 3.63) is 52.7 Å². The first-order chi connectivity index (χ1) is 16.8. The number of benzene rings is 1. The zero-order chi connectivity index (χ0) is 26.8.